The molecule has 1 atom stereocenters. The van der Waals surface area contributed by atoms with Gasteiger partial charge in [-0.25, -0.2) is 0 Å². The molecule has 0 aromatic heterocycles. The number of ether oxygens (including phenoxy) is 1. The molecular weight excluding hydrogens is 259 g/mol. The monoisotopic (exact) mass is 274 g/mol. The van der Waals surface area contributed by atoms with Gasteiger partial charge >= 0.3 is 5.97 Å². The van der Waals surface area contributed by atoms with Gasteiger partial charge in [0.05, 0.1) is 22.6 Å². The van der Waals surface area contributed by atoms with Crippen LogP contribution in [-0.4, -0.2) is 12.6 Å². The van der Waals surface area contributed by atoms with E-state index in [1.165, 1.54) is 0 Å². The molecule has 2 nitrogen and oxygen atoms in total. The lowest BCUT2D eigenvalue weighted by Gasteiger charge is -2.16. The number of hydrogen-bond acceptors (Lipinski definition) is 2. The molecule has 0 aliphatic heterocycles. The SMILES string of the molecule is CCCC(C(=O)OCC)c1cccc(Cl)c1Cl. The lowest BCUT2D eigenvalue weighted by molar-refractivity contribution is -0.145. The summed E-state index contributed by atoms with van der Waals surface area (Å²) in [6.45, 7) is 4.18. The smallest absolute Gasteiger partial charge is 0.313 e. The van der Waals surface area contributed by atoms with Gasteiger partial charge < -0.3 is 4.74 Å². The Labute approximate surface area is 112 Å². The number of hydrogen-bond donors (Lipinski definition) is 0. The van der Waals surface area contributed by atoms with Crippen molar-refractivity contribution in [2.75, 3.05) is 6.61 Å². The molecule has 0 saturated heterocycles. The van der Waals surface area contributed by atoms with Gasteiger partial charge in [0.15, 0.2) is 0 Å². The lowest BCUT2D eigenvalue weighted by Crippen LogP contribution is -2.16. The second kappa shape index (κ2) is 6.87. The van der Waals surface area contributed by atoms with Gasteiger partial charge in [-0.15, -0.1) is 0 Å². The summed E-state index contributed by atoms with van der Waals surface area (Å²) in [5, 5.41) is 0.912. The fourth-order valence-electron chi connectivity index (χ4n) is 1.72. The quantitative estimate of drug-likeness (QED) is 0.742. The Morgan fingerprint density at radius 1 is 1.35 bits per heavy atom. The van der Waals surface area contributed by atoms with Crippen LogP contribution in [0.2, 0.25) is 10.0 Å². The molecule has 0 saturated carbocycles. The van der Waals surface area contributed by atoms with Crippen molar-refractivity contribution in [3.63, 3.8) is 0 Å². The summed E-state index contributed by atoms with van der Waals surface area (Å²) in [4.78, 5) is 11.9. The van der Waals surface area contributed by atoms with Crippen molar-refractivity contribution < 1.29 is 9.53 Å². The molecule has 1 aromatic rings. The first-order chi connectivity index (χ1) is 8.11. The number of benzene rings is 1. The van der Waals surface area contributed by atoms with E-state index in [-0.39, 0.29) is 11.9 Å². The summed E-state index contributed by atoms with van der Waals surface area (Å²) >= 11 is 12.1. The first-order valence-corrected chi connectivity index (χ1v) is 6.47. The van der Waals surface area contributed by atoms with E-state index in [9.17, 15) is 4.79 Å². The van der Waals surface area contributed by atoms with Crippen molar-refractivity contribution in [3.8, 4) is 0 Å². The molecule has 0 spiro atoms. The van der Waals surface area contributed by atoms with E-state index in [2.05, 4.69) is 0 Å². The Balaban J connectivity index is 3.05. The third-order valence-corrected chi connectivity index (χ3v) is 3.34. The van der Waals surface area contributed by atoms with Gasteiger partial charge in [0.2, 0.25) is 0 Å². The molecule has 1 aromatic carbocycles. The van der Waals surface area contributed by atoms with E-state index in [0.717, 1.165) is 12.0 Å². The van der Waals surface area contributed by atoms with Crippen molar-refractivity contribution >= 4 is 29.2 Å². The Kier molecular flexibility index (Phi) is 5.79. The van der Waals surface area contributed by atoms with Crippen LogP contribution < -0.4 is 0 Å². The van der Waals surface area contributed by atoms with Crippen LogP contribution >= 0.6 is 23.2 Å². The van der Waals surface area contributed by atoms with Crippen molar-refractivity contribution in [3.05, 3.63) is 33.8 Å². The van der Waals surface area contributed by atoms with Crippen LogP contribution in [0.4, 0.5) is 0 Å². The van der Waals surface area contributed by atoms with E-state index in [1.807, 2.05) is 13.0 Å². The van der Waals surface area contributed by atoms with Crippen LogP contribution in [0.25, 0.3) is 0 Å². The number of carbonyl (C=O) groups is 1. The minimum atomic E-state index is -0.328. The van der Waals surface area contributed by atoms with E-state index in [0.29, 0.717) is 23.1 Å². The maximum Gasteiger partial charge on any atom is 0.313 e. The minimum absolute atomic E-state index is 0.237. The molecule has 0 radical (unpaired) electrons. The lowest BCUT2D eigenvalue weighted by atomic mass is 9.94. The van der Waals surface area contributed by atoms with Gasteiger partial charge in [0.25, 0.3) is 0 Å². The molecule has 0 aliphatic carbocycles. The molecule has 0 heterocycles. The van der Waals surface area contributed by atoms with Crippen molar-refractivity contribution in [1.82, 2.24) is 0 Å². The van der Waals surface area contributed by atoms with Crippen LogP contribution in [-0.2, 0) is 9.53 Å². The second-order valence-corrected chi connectivity index (χ2v) is 4.52. The Morgan fingerprint density at radius 3 is 2.65 bits per heavy atom. The zero-order valence-electron chi connectivity index (χ0n) is 10.0. The Morgan fingerprint density at radius 2 is 2.06 bits per heavy atom. The van der Waals surface area contributed by atoms with Crippen LogP contribution in [0.1, 0.15) is 38.2 Å². The zero-order chi connectivity index (χ0) is 12.8. The van der Waals surface area contributed by atoms with Gasteiger partial charge in [-0.2, -0.15) is 0 Å². The predicted octanol–water partition coefficient (Wildman–Crippen LogP) is 4.44. The van der Waals surface area contributed by atoms with Crippen LogP contribution in [0.5, 0.6) is 0 Å². The summed E-state index contributed by atoms with van der Waals surface area (Å²) in [5.41, 5.74) is 0.750. The van der Waals surface area contributed by atoms with Gasteiger partial charge in [0, 0.05) is 0 Å². The first kappa shape index (κ1) is 14.3. The van der Waals surface area contributed by atoms with Crippen LogP contribution in [0.15, 0.2) is 18.2 Å². The highest BCUT2D eigenvalue weighted by Gasteiger charge is 2.24. The van der Waals surface area contributed by atoms with E-state index < -0.39 is 0 Å². The maximum atomic E-state index is 11.9. The van der Waals surface area contributed by atoms with Crippen molar-refractivity contribution in [2.24, 2.45) is 0 Å². The molecule has 0 N–H and O–H groups in total. The second-order valence-electron chi connectivity index (χ2n) is 3.74. The predicted molar refractivity (Wildman–Crippen MR) is 70.7 cm³/mol. The fourth-order valence-corrected chi connectivity index (χ4v) is 2.16. The third-order valence-electron chi connectivity index (χ3n) is 2.51. The highest BCUT2D eigenvalue weighted by atomic mass is 35.5. The molecule has 17 heavy (non-hydrogen) atoms. The number of halogens is 2. The summed E-state index contributed by atoms with van der Waals surface area (Å²) in [5.74, 6) is -0.565. The standard InChI is InChI=1S/C13H16Cl2O2/c1-3-6-10(13(16)17-4-2)9-7-5-8-11(14)12(9)15/h5,7-8,10H,3-4,6H2,1-2H3. The highest BCUT2D eigenvalue weighted by molar-refractivity contribution is 6.42. The van der Waals surface area contributed by atoms with Gasteiger partial charge in [-0.1, -0.05) is 48.7 Å². The summed E-state index contributed by atoms with van der Waals surface area (Å²) in [6, 6.07) is 5.33. The highest BCUT2D eigenvalue weighted by Crippen LogP contribution is 2.33. The molecule has 0 aliphatic rings. The molecule has 4 heteroatoms. The largest absolute Gasteiger partial charge is 0.466 e. The third kappa shape index (κ3) is 3.62. The number of rotatable bonds is 5. The van der Waals surface area contributed by atoms with E-state index in [4.69, 9.17) is 27.9 Å². The van der Waals surface area contributed by atoms with Crippen molar-refractivity contribution in [2.45, 2.75) is 32.6 Å². The molecule has 94 valence electrons. The Bertz CT molecular complexity index is 391. The minimum Gasteiger partial charge on any atom is -0.466 e. The molecule has 1 rings (SSSR count). The van der Waals surface area contributed by atoms with Gasteiger partial charge in [0.1, 0.15) is 0 Å². The Hall–Kier alpha value is -0.730. The molecule has 0 bridgehead atoms. The topological polar surface area (TPSA) is 26.3 Å². The van der Waals surface area contributed by atoms with E-state index in [1.54, 1.807) is 19.1 Å². The normalized spacial score (nSPS) is 12.2. The number of carbonyl (C=O) groups excluding carboxylic acids is 1. The average molecular weight is 275 g/mol. The zero-order valence-corrected chi connectivity index (χ0v) is 11.5. The fraction of sp³-hybridized carbons (Fsp3) is 0.462. The van der Waals surface area contributed by atoms with Crippen LogP contribution in [0.3, 0.4) is 0 Å². The van der Waals surface area contributed by atoms with Gasteiger partial charge in [-0.3, -0.25) is 4.79 Å². The first-order valence-electron chi connectivity index (χ1n) is 5.72. The average Bonchev–Trinajstić information content (AvgIpc) is 2.30. The van der Waals surface area contributed by atoms with Crippen LogP contribution in [0, 0.1) is 0 Å². The van der Waals surface area contributed by atoms with E-state index >= 15 is 0 Å². The molecule has 0 fully saturated rings. The molecular formula is C13H16Cl2O2. The van der Waals surface area contributed by atoms with Crippen molar-refractivity contribution in [1.29, 1.82) is 0 Å². The molecule has 0 amide bonds. The summed E-state index contributed by atoms with van der Waals surface area (Å²) in [7, 11) is 0. The summed E-state index contributed by atoms with van der Waals surface area (Å²) in [6.07, 6.45) is 1.59. The molecule has 1 unspecified atom stereocenters. The number of esters is 1. The summed E-state index contributed by atoms with van der Waals surface area (Å²) < 4.78 is 5.07. The van der Waals surface area contributed by atoms with Gasteiger partial charge in [-0.05, 0) is 25.0 Å². The maximum absolute atomic E-state index is 11.9.